The maximum Gasteiger partial charge on any atom is 0.231 e. The van der Waals surface area contributed by atoms with Crippen LogP contribution in [0.15, 0.2) is 30.7 Å². The van der Waals surface area contributed by atoms with Crippen molar-refractivity contribution in [2.75, 3.05) is 5.32 Å². The summed E-state index contributed by atoms with van der Waals surface area (Å²) in [5.74, 6) is 1.80. The molecule has 9 heteroatoms. The van der Waals surface area contributed by atoms with Crippen molar-refractivity contribution in [3.05, 3.63) is 47.9 Å². The van der Waals surface area contributed by atoms with E-state index < -0.39 is 11.6 Å². The molecule has 4 rings (SSSR count). The van der Waals surface area contributed by atoms with Crippen LogP contribution in [0.4, 0.5) is 16.0 Å². The van der Waals surface area contributed by atoms with E-state index in [2.05, 4.69) is 55.1 Å². The van der Waals surface area contributed by atoms with Crippen molar-refractivity contribution in [1.82, 2.24) is 29.9 Å². The minimum Gasteiger partial charge on any atom is -0.324 e. The first-order valence-electron chi connectivity index (χ1n) is 10.7. The number of anilines is 2. The quantitative estimate of drug-likeness (QED) is 0.548. The van der Waals surface area contributed by atoms with Crippen molar-refractivity contribution in [3.63, 3.8) is 0 Å². The van der Waals surface area contributed by atoms with Gasteiger partial charge < -0.3 is 5.32 Å². The summed E-state index contributed by atoms with van der Waals surface area (Å²) < 4.78 is 13.8. The van der Waals surface area contributed by atoms with Crippen LogP contribution < -0.4 is 5.32 Å². The Kier molecular flexibility index (Phi) is 6.04. The molecule has 1 N–H and O–H groups in total. The highest BCUT2D eigenvalue weighted by Gasteiger charge is 2.46. The summed E-state index contributed by atoms with van der Waals surface area (Å²) in [6.45, 7) is 5.69. The van der Waals surface area contributed by atoms with Crippen molar-refractivity contribution in [2.24, 2.45) is 5.92 Å². The van der Waals surface area contributed by atoms with Crippen molar-refractivity contribution < 1.29 is 4.39 Å². The Morgan fingerprint density at radius 3 is 2.66 bits per heavy atom. The molecule has 1 aliphatic carbocycles. The van der Waals surface area contributed by atoms with Gasteiger partial charge in [-0.1, -0.05) is 13.8 Å². The lowest BCUT2D eigenvalue weighted by Gasteiger charge is -2.12. The monoisotopic (exact) mass is 432 g/mol. The lowest BCUT2D eigenvalue weighted by molar-refractivity contribution is 0.365. The van der Waals surface area contributed by atoms with Gasteiger partial charge in [0.25, 0.3) is 0 Å². The van der Waals surface area contributed by atoms with Crippen LogP contribution in [-0.2, 0) is 11.8 Å². The SMILES string of the molecule is CC(C)CCc1nc(Nc2ccnc(C3(C#N)CC3)c2)nc(-c2cncc(C(C)F)n2)n1. The summed E-state index contributed by atoms with van der Waals surface area (Å²) in [5, 5.41) is 12.7. The van der Waals surface area contributed by atoms with Crippen molar-refractivity contribution >= 4 is 11.6 Å². The number of hydrogen-bond acceptors (Lipinski definition) is 8. The predicted molar refractivity (Wildman–Crippen MR) is 118 cm³/mol. The smallest absolute Gasteiger partial charge is 0.231 e. The Morgan fingerprint density at radius 2 is 1.97 bits per heavy atom. The van der Waals surface area contributed by atoms with E-state index in [0.717, 1.165) is 30.6 Å². The van der Waals surface area contributed by atoms with Crippen molar-refractivity contribution in [2.45, 2.75) is 58.0 Å². The standard InChI is InChI=1S/C23H25FN8/c1-14(2)4-5-20-30-21(18-12-26-11-17(29-18)15(3)24)32-22(31-20)28-16-6-9-27-19(10-16)23(13-25)7-8-23/h6,9-12,14-15H,4-5,7-8H2,1-3H3,(H,27,28,30,31,32). The van der Waals surface area contributed by atoms with Crippen LogP contribution in [0.3, 0.4) is 0 Å². The Hall–Kier alpha value is -3.54. The molecule has 0 saturated heterocycles. The van der Waals surface area contributed by atoms with E-state index in [4.69, 9.17) is 0 Å². The first kappa shape index (κ1) is 21.7. The van der Waals surface area contributed by atoms with Gasteiger partial charge in [0.15, 0.2) is 5.82 Å². The van der Waals surface area contributed by atoms with Crippen LogP contribution in [0.1, 0.15) is 63.4 Å². The highest BCUT2D eigenvalue weighted by Crippen LogP contribution is 2.47. The van der Waals surface area contributed by atoms with E-state index in [9.17, 15) is 9.65 Å². The van der Waals surface area contributed by atoms with Gasteiger partial charge >= 0.3 is 0 Å². The van der Waals surface area contributed by atoms with E-state index in [1.807, 2.05) is 6.07 Å². The Balaban J connectivity index is 1.68. The average molecular weight is 433 g/mol. The minimum absolute atomic E-state index is 0.228. The van der Waals surface area contributed by atoms with Gasteiger partial charge in [-0.25, -0.2) is 14.4 Å². The van der Waals surface area contributed by atoms with E-state index in [0.29, 0.717) is 35.6 Å². The fraction of sp³-hybridized carbons (Fsp3) is 0.435. The van der Waals surface area contributed by atoms with Gasteiger partial charge in [0, 0.05) is 18.3 Å². The third-order valence-corrected chi connectivity index (χ3v) is 5.39. The molecule has 1 fully saturated rings. The minimum atomic E-state index is -1.24. The topological polar surface area (TPSA) is 113 Å². The molecule has 1 atom stereocenters. The highest BCUT2D eigenvalue weighted by molar-refractivity contribution is 5.57. The molecule has 1 saturated carbocycles. The van der Waals surface area contributed by atoms with Crippen LogP contribution in [0.2, 0.25) is 0 Å². The Morgan fingerprint density at radius 1 is 1.16 bits per heavy atom. The lowest BCUT2D eigenvalue weighted by Crippen LogP contribution is -2.09. The molecule has 3 heterocycles. The van der Waals surface area contributed by atoms with Crippen LogP contribution in [0.5, 0.6) is 0 Å². The molecule has 1 aliphatic rings. The number of alkyl halides is 1. The normalized spacial score (nSPS) is 15.2. The first-order chi connectivity index (χ1) is 15.4. The molecule has 164 valence electrons. The van der Waals surface area contributed by atoms with Crippen molar-refractivity contribution in [1.29, 1.82) is 5.26 Å². The Labute approximate surface area is 186 Å². The summed E-state index contributed by atoms with van der Waals surface area (Å²) in [5.41, 5.74) is 1.62. The number of aryl methyl sites for hydroxylation is 1. The molecule has 8 nitrogen and oxygen atoms in total. The molecule has 1 unspecified atom stereocenters. The number of nitrogens with zero attached hydrogens (tertiary/aromatic N) is 7. The van der Waals surface area contributed by atoms with E-state index in [-0.39, 0.29) is 5.69 Å². The molecule has 0 aromatic carbocycles. The first-order valence-corrected chi connectivity index (χ1v) is 10.7. The van der Waals surface area contributed by atoms with Crippen LogP contribution in [0, 0.1) is 17.2 Å². The summed E-state index contributed by atoms with van der Waals surface area (Å²) in [6.07, 6.45) is 6.57. The summed E-state index contributed by atoms with van der Waals surface area (Å²) >= 11 is 0. The molecular weight excluding hydrogens is 407 g/mol. The second kappa shape index (κ2) is 8.91. The van der Waals surface area contributed by atoms with Gasteiger partial charge in [0.1, 0.15) is 17.7 Å². The van der Waals surface area contributed by atoms with E-state index in [1.165, 1.54) is 19.3 Å². The third kappa shape index (κ3) is 4.85. The number of pyridine rings is 1. The second-order valence-electron chi connectivity index (χ2n) is 8.53. The molecule has 0 spiro atoms. The fourth-order valence-corrected chi connectivity index (χ4v) is 3.25. The second-order valence-corrected chi connectivity index (χ2v) is 8.53. The predicted octanol–water partition coefficient (Wildman–Crippen LogP) is 4.64. The third-order valence-electron chi connectivity index (χ3n) is 5.39. The number of nitriles is 1. The van der Waals surface area contributed by atoms with Crippen LogP contribution in [0.25, 0.3) is 11.5 Å². The van der Waals surface area contributed by atoms with Gasteiger partial charge in [-0.15, -0.1) is 0 Å². The molecule has 0 amide bonds. The average Bonchev–Trinajstić information content (AvgIpc) is 3.59. The maximum absolute atomic E-state index is 13.8. The number of rotatable bonds is 8. The fourth-order valence-electron chi connectivity index (χ4n) is 3.25. The summed E-state index contributed by atoms with van der Waals surface area (Å²) in [4.78, 5) is 26.4. The van der Waals surface area contributed by atoms with Gasteiger partial charge in [-0.2, -0.15) is 15.2 Å². The number of aromatic nitrogens is 6. The maximum atomic E-state index is 13.8. The van der Waals surface area contributed by atoms with Gasteiger partial charge in [-0.05, 0) is 44.2 Å². The molecule has 0 radical (unpaired) electrons. The zero-order chi connectivity index (χ0) is 22.7. The van der Waals surface area contributed by atoms with Crippen LogP contribution in [-0.4, -0.2) is 29.9 Å². The van der Waals surface area contributed by atoms with Crippen molar-refractivity contribution in [3.8, 4) is 17.6 Å². The molecule has 0 bridgehead atoms. The molecule has 32 heavy (non-hydrogen) atoms. The van der Waals surface area contributed by atoms with E-state index in [1.54, 1.807) is 12.3 Å². The molecule has 3 aromatic rings. The largest absolute Gasteiger partial charge is 0.324 e. The molecular formula is C23H25FN8. The zero-order valence-electron chi connectivity index (χ0n) is 18.4. The summed E-state index contributed by atoms with van der Waals surface area (Å²) in [6, 6.07) is 6.03. The summed E-state index contributed by atoms with van der Waals surface area (Å²) in [7, 11) is 0. The highest BCUT2D eigenvalue weighted by atomic mass is 19.1. The van der Waals surface area contributed by atoms with Gasteiger partial charge in [0.05, 0.1) is 35.3 Å². The Bertz CT molecular complexity index is 1150. The van der Waals surface area contributed by atoms with Gasteiger partial charge in [0.2, 0.25) is 5.95 Å². The van der Waals surface area contributed by atoms with Gasteiger partial charge in [-0.3, -0.25) is 9.97 Å². The van der Waals surface area contributed by atoms with Crippen LogP contribution >= 0.6 is 0 Å². The number of hydrogen-bond donors (Lipinski definition) is 1. The zero-order valence-corrected chi connectivity index (χ0v) is 18.4. The van der Waals surface area contributed by atoms with E-state index >= 15 is 0 Å². The number of halogens is 1. The molecule has 3 aromatic heterocycles. The lowest BCUT2D eigenvalue weighted by atomic mass is 10.0. The molecule has 0 aliphatic heterocycles. The number of nitrogens with one attached hydrogen (secondary N) is 1.